The van der Waals surface area contributed by atoms with Gasteiger partial charge >= 0.3 is 12.1 Å². The van der Waals surface area contributed by atoms with Gasteiger partial charge in [0, 0.05) is 36.8 Å². The van der Waals surface area contributed by atoms with Crippen LogP contribution >= 0.6 is 11.6 Å². The molecule has 3 rings (SSSR count). The highest BCUT2D eigenvalue weighted by Gasteiger charge is 2.31. The van der Waals surface area contributed by atoms with Gasteiger partial charge in [0.2, 0.25) is 5.96 Å². The van der Waals surface area contributed by atoms with Crippen LogP contribution in [-0.4, -0.2) is 54.8 Å². The van der Waals surface area contributed by atoms with Gasteiger partial charge in [-0.1, -0.05) is 18.0 Å². The van der Waals surface area contributed by atoms with Gasteiger partial charge in [-0.3, -0.25) is 15.1 Å². The number of nitrogens with zero attached hydrogens (tertiary/aromatic N) is 4. The number of hydrogen-bond donors (Lipinski definition) is 2. The van der Waals surface area contributed by atoms with Crippen LogP contribution in [0.3, 0.4) is 0 Å². The first-order chi connectivity index (χ1) is 20.6. The molecule has 13 heteroatoms. The molecule has 0 radical (unpaired) electrons. The van der Waals surface area contributed by atoms with Crippen molar-refractivity contribution in [2.24, 2.45) is 10.9 Å². The number of anilines is 1. The molecule has 1 aliphatic heterocycles. The largest absolute Gasteiger partial charge is 1.00 e. The Kier molecular flexibility index (Phi) is 16.1. The molecular weight excluding hydrogens is 699 g/mol. The Morgan fingerprint density at radius 2 is 1.73 bits per heavy atom. The summed E-state index contributed by atoms with van der Waals surface area (Å²) in [5.41, 5.74) is 0.185. The van der Waals surface area contributed by atoms with Gasteiger partial charge in [0.15, 0.2) is 18.6 Å². The number of guanidine groups is 1. The van der Waals surface area contributed by atoms with E-state index < -0.39 is 5.60 Å². The van der Waals surface area contributed by atoms with E-state index >= 15 is 0 Å². The van der Waals surface area contributed by atoms with Crippen LogP contribution in [0, 0.1) is 17.4 Å². The summed E-state index contributed by atoms with van der Waals surface area (Å²) >= 11 is 5.88. The van der Waals surface area contributed by atoms with Crippen LogP contribution < -0.4 is 43.9 Å². The number of pyridine rings is 1. The molecule has 2 aromatic rings. The van der Waals surface area contributed by atoms with Gasteiger partial charge in [0.1, 0.15) is 11.4 Å². The van der Waals surface area contributed by atoms with Crippen molar-refractivity contribution in [3.63, 3.8) is 0 Å². The first-order valence-electron chi connectivity index (χ1n) is 14.6. The van der Waals surface area contributed by atoms with Crippen LogP contribution in [0.5, 0.6) is 5.75 Å². The Labute approximate surface area is 281 Å². The fourth-order valence-corrected chi connectivity index (χ4v) is 4.41. The van der Waals surface area contributed by atoms with Crippen molar-refractivity contribution in [1.29, 1.82) is 5.26 Å². The standard InChI is InChI=1S/C31H41ClN6O5.HI/c1-31(2,3)43-30(40)38-19-12-24(13-20-38)28(39)42-23-37-17-14-26(15-18-37)36-29(35-22-33)34-16-6-4-5-7-21-41-27-10-8-25(32)9-11-27;/h8-11,14-15,17-18,24H,4-7,12-13,16,19-21,23H2,1-3H3,(H,34,35);1H. The van der Waals surface area contributed by atoms with E-state index in [9.17, 15) is 9.59 Å². The summed E-state index contributed by atoms with van der Waals surface area (Å²) < 4.78 is 18.4. The van der Waals surface area contributed by atoms with Crippen LogP contribution in [-0.2, 0) is 21.0 Å². The van der Waals surface area contributed by atoms with E-state index in [4.69, 9.17) is 31.1 Å². The molecule has 0 aliphatic carbocycles. The zero-order valence-electron chi connectivity index (χ0n) is 25.6. The smallest absolute Gasteiger partial charge is 0.410 e. The predicted octanol–water partition coefficient (Wildman–Crippen LogP) is 2.26. The summed E-state index contributed by atoms with van der Waals surface area (Å²) in [4.78, 5) is 30.9. The SMILES string of the molecule is CC(C)(C)OC(=O)N1CCC(C(=O)OC[n+]2ccc(NC(=NCCCCCCOc3ccc(Cl)cc3)NC#N)cc2)CC1.[I-]. The van der Waals surface area contributed by atoms with Crippen molar-refractivity contribution in [1.82, 2.24) is 10.2 Å². The number of amides is 1. The molecule has 0 spiro atoms. The summed E-state index contributed by atoms with van der Waals surface area (Å²) in [6.07, 6.45) is 10.0. The number of benzene rings is 1. The molecule has 44 heavy (non-hydrogen) atoms. The van der Waals surface area contributed by atoms with E-state index in [1.54, 1.807) is 21.9 Å². The molecule has 2 heterocycles. The van der Waals surface area contributed by atoms with Crippen LogP contribution in [0.25, 0.3) is 0 Å². The highest BCUT2D eigenvalue weighted by molar-refractivity contribution is 6.30. The van der Waals surface area contributed by atoms with E-state index in [1.807, 2.05) is 63.4 Å². The number of aliphatic imine (C=N–C) groups is 1. The van der Waals surface area contributed by atoms with Gasteiger partial charge in [0.05, 0.1) is 18.2 Å². The summed E-state index contributed by atoms with van der Waals surface area (Å²) in [5, 5.41) is 15.5. The number of carbonyl (C=O) groups is 2. The highest BCUT2D eigenvalue weighted by atomic mass is 127. The number of halogens is 2. The molecule has 0 saturated carbocycles. The zero-order chi connectivity index (χ0) is 31.1. The molecule has 1 amide bonds. The number of piperidine rings is 1. The van der Waals surface area contributed by atoms with Gasteiger partial charge in [-0.15, -0.1) is 0 Å². The van der Waals surface area contributed by atoms with E-state index in [2.05, 4.69) is 15.6 Å². The number of carbonyl (C=O) groups excluding carboxylic acids is 2. The number of aromatic nitrogens is 1. The fraction of sp³-hybridized carbons (Fsp3) is 0.516. The van der Waals surface area contributed by atoms with Crippen molar-refractivity contribution in [3.05, 3.63) is 53.8 Å². The van der Waals surface area contributed by atoms with Crippen molar-refractivity contribution in [2.45, 2.75) is 71.6 Å². The monoisotopic (exact) mass is 740 g/mol. The molecule has 1 aromatic heterocycles. The van der Waals surface area contributed by atoms with Crippen molar-refractivity contribution >= 4 is 35.3 Å². The number of nitriles is 1. The minimum Gasteiger partial charge on any atom is -1.00 e. The average molecular weight is 741 g/mol. The van der Waals surface area contributed by atoms with Crippen molar-refractivity contribution < 1.29 is 52.3 Å². The molecule has 11 nitrogen and oxygen atoms in total. The minimum absolute atomic E-state index is 0. The third-order valence-electron chi connectivity index (χ3n) is 6.57. The van der Waals surface area contributed by atoms with E-state index in [0.29, 0.717) is 50.1 Å². The highest BCUT2D eigenvalue weighted by Crippen LogP contribution is 2.21. The van der Waals surface area contributed by atoms with Crippen LogP contribution in [0.15, 0.2) is 53.8 Å². The molecule has 0 unspecified atom stereocenters. The van der Waals surface area contributed by atoms with E-state index in [1.165, 1.54) is 0 Å². The molecule has 1 fully saturated rings. The Morgan fingerprint density at radius 1 is 1.07 bits per heavy atom. The summed E-state index contributed by atoms with van der Waals surface area (Å²) in [7, 11) is 0. The quantitative estimate of drug-likeness (QED) is 0.0496. The van der Waals surface area contributed by atoms with E-state index in [0.717, 1.165) is 37.1 Å². The van der Waals surface area contributed by atoms with Gasteiger partial charge in [0.25, 0.3) is 6.73 Å². The van der Waals surface area contributed by atoms with Gasteiger partial charge < -0.3 is 48.4 Å². The Bertz CT molecular complexity index is 1240. The zero-order valence-corrected chi connectivity index (χ0v) is 28.5. The topological polar surface area (TPSA) is 129 Å². The fourth-order valence-electron chi connectivity index (χ4n) is 4.29. The number of nitrogens with one attached hydrogen (secondary N) is 2. The van der Waals surface area contributed by atoms with Crippen molar-refractivity contribution in [3.8, 4) is 11.9 Å². The van der Waals surface area contributed by atoms with Gasteiger partial charge in [-0.05, 0) is 77.1 Å². The lowest BCUT2D eigenvalue weighted by Gasteiger charge is -2.32. The Hall–Kier alpha value is -3.31. The molecule has 2 N–H and O–H groups in total. The number of rotatable bonds is 12. The molecule has 0 bridgehead atoms. The lowest BCUT2D eigenvalue weighted by molar-refractivity contribution is -0.727. The normalized spacial score (nSPS) is 13.7. The molecule has 240 valence electrons. The summed E-state index contributed by atoms with van der Waals surface area (Å²) in [6, 6.07) is 11.0. The number of unbranched alkanes of at least 4 members (excludes halogenated alkanes) is 3. The molecule has 1 saturated heterocycles. The van der Waals surface area contributed by atoms with Crippen molar-refractivity contribution in [2.75, 3.05) is 31.6 Å². The first kappa shape index (κ1) is 36.9. The number of likely N-dealkylation sites (tertiary alicyclic amines) is 1. The number of hydrogen-bond acceptors (Lipinski definition) is 7. The minimum atomic E-state index is -0.550. The maximum absolute atomic E-state index is 12.6. The summed E-state index contributed by atoms with van der Waals surface area (Å²) in [5.74, 6) is 0.656. The second-order valence-corrected chi connectivity index (χ2v) is 11.7. The lowest BCUT2D eigenvalue weighted by atomic mass is 9.97. The molecular formula is C31H42ClIN6O5. The molecule has 1 aliphatic rings. The lowest BCUT2D eigenvalue weighted by Crippen LogP contribution is -3.00. The molecule has 1 aromatic carbocycles. The van der Waals surface area contributed by atoms with Crippen LogP contribution in [0.2, 0.25) is 5.02 Å². The second-order valence-electron chi connectivity index (χ2n) is 11.2. The number of ether oxygens (including phenoxy) is 3. The van der Waals surface area contributed by atoms with Crippen LogP contribution in [0.1, 0.15) is 59.3 Å². The maximum atomic E-state index is 12.6. The Balaban J connectivity index is 0.00000675. The van der Waals surface area contributed by atoms with Gasteiger partial charge in [-0.2, -0.15) is 9.83 Å². The second kappa shape index (κ2) is 19.2. The Morgan fingerprint density at radius 3 is 2.36 bits per heavy atom. The van der Waals surface area contributed by atoms with Crippen LogP contribution in [0.4, 0.5) is 10.5 Å². The maximum Gasteiger partial charge on any atom is 0.410 e. The average Bonchev–Trinajstić information content (AvgIpc) is 2.98. The third kappa shape index (κ3) is 14.0. The number of esters is 1. The van der Waals surface area contributed by atoms with E-state index in [-0.39, 0.29) is 48.7 Å². The third-order valence-corrected chi connectivity index (χ3v) is 6.82. The molecule has 0 atom stereocenters. The first-order valence-corrected chi connectivity index (χ1v) is 15.0. The van der Waals surface area contributed by atoms with Gasteiger partial charge in [-0.25, -0.2) is 4.79 Å². The predicted molar refractivity (Wildman–Crippen MR) is 163 cm³/mol. The summed E-state index contributed by atoms with van der Waals surface area (Å²) in [6.45, 7) is 7.72.